The topological polar surface area (TPSA) is 66.0 Å². The van der Waals surface area contributed by atoms with E-state index in [1.165, 1.54) is 10.5 Å². The van der Waals surface area contributed by atoms with Crippen LogP contribution in [0.25, 0.3) is 0 Å². The highest BCUT2D eigenvalue weighted by Crippen LogP contribution is 2.05. The van der Waals surface area contributed by atoms with Gasteiger partial charge in [0.05, 0.1) is 6.54 Å². The van der Waals surface area contributed by atoms with E-state index < -0.39 is 0 Å². The van der Waals surface area contributed by atoms with Gasteiger partial charge in [0.15, 0.2) is 6.54 Å². The molecule has 0 saturated heterocycles. The SMILES string of the molecule is C[C@H]([NH2+]CC(=O)NCC(=O)N(C)C)c1ccccc1. The van der Waals surface area contributed by atoms with Crippen LogP contribution >= 0.6 is 0 Å². The highest BCUT2D eigenvalue weighted by atomic mass is 16.2. The minimum atomic E-state index is -0.127. The first kappa shape index (κ1) is 15.2. The van der Waals surface area contributed by atoms with Crippen molar-refractivity contribution in [3.8, 4) is 0 Å². The zero-order valence-electron chi connectivity index (χ0n) is 11.7. The molecule has 5 heteroatoms. The van der Waals surface area contributed by atoms with Crippen LogP contribution in [-0.2, 0) is 9.59 Å². The molecule has 0 aliphatic rings. The quantitative estimate of drug-likeness (QED) is 0.728. The number of amides is 2. The Morgan fingerprint density at radius 2 is 1.89 bits per heavy atom. The van der Waals surface area contributed by atoms with E-state index >= 15 is 0 Å². The molecule has 5 nitrogen and oxygen atoms in total. The number of nitrogens with one attached hydrogen (secondary N) is 1. The van der Waals surface area contributed by atoms with Crippen molar-refractivity contribution in [3.05, 3.63) is 35.9 Å². The molecule has 3 N–H and O–H groups in total. The van der Waals surface area contributed by atoms with Crippen LogP contribution in [0.5, 0.6) is 0 Å². The fourth-order valence-electron chi connectivity index (χ4n) is 1.58. The van der Waals surface area contributed by atoms with Crippen molar-refractivity contribution in [1.82, 2.24) is 10.2 Å². The van der Waals surface area contributed by atoms with Crippen LogP contribution in [0.3, 0.4) is 0 Å². The van der Waals surface area contributed by atoms with Gasteiger partial charge in [0.2, 0.25) is 5.91 Å². The van der Waals surface area contributed by atoms with Crippen LogP contribution in [0.2, 0.25) is 0 Å². The lowest BCUT2D eigenvalue weighted by atomic mass is 10.1. The second-order valence-corrected chi connectivity index (χ2v) is 4.70. The molecule has 2 amide bonds. The minimum Gasteiger partial charge on any atom is -0.347 e. The van der Waals surface area contributed by atoms with E-state index in [1.807, 2.05) is 42.6 Å². The molecule has 0 saturated carbocycles. The second-order valence-electron chi connectivity index (χ2n) is 4.70. The Labute approximate surface area is 114 Å². The van der Waals surface area contributed by atoms with Gasteiger partial charge in [-0.15, -0.1) is 0 Å². The van der Waals surface area contributed by atoms with E-state index in [1.54, 1.807) is 14.1 Å². The largest absolute Gasteiger partial charge is 0.347 e. The Kier molecular flexibility index (Phi) is 6.02. The van der Waals surface area contributed by atoms with Crippen LogP contribution < -0.4 is 10.6 Å². The summed E-state index contributed by atoms with van der Waals surface area (Å²) in [6, 6.07) is 10.2. The van der Waals surface area contributed by atoms with Crippen LogP contribution in [0.4, 0.5) is 0 Å². The van der Waals surface area contributed by atoms with Crippen molar-refractivity contribution in [2.45, 2.75) is 13.0 Å². The summed E-state index contributed by atoms with van der Waals surface area (Å²) in [5, 5.41) is 4.56. The second kappa shape index (κ2) is 7.53. The summed E-state index contributed by atoms with van der Waals surface area (Å²) in [5.41, 5.74) is 1.18. The molecule has 0 unspecified atom stereocenters. The molecule has 0 fully saturated rings. The van der Waals surface area contributed by atoms with Crippen molar-refractivity contribution in [3.63, 3.8) is 0 Å². The fourth-order valence-corrected chi connectivity index (χ4v) is 1.58. The molecule has 104 valence electrons. The summed E-state index contributed by atoms with van der Waals surface area (Å²) in [6.45, 7) is 2.42. The number of likely N-dealkylation sites (N-methyl/N-ethyl adjacent to an activating group) is 1. The highest BCUT2D eigenvalue weighted by molar-refractivity contribution is 5.84. The Morgan fingerprint density at radius 1 is 1.26 bits per heavy atom. The fraction of sp³-hybridized carbons (Fsp3) is 0.429. The van der Waals surface area contributed by atoms with Crippen molar-refractivity contribution in [1.29, 1.82) is 0 Å². The third kappa shape index (κ3) is 5.52. The summed E-state index contributed by atoms with van der Waals surface area (Å²) in [6.07, 6.45) is 0. The molecule has 0 aromatic heterocycles. The molecule has 19 heavy (non-hydrogen) atoms. The molecule has 1 aromatic carbocycles. The van der Waals surface area contributed by atoms with Gasteiger partial charge < -0.3 is 15.5 Å². The molecule has 0 aliphatic heterocycles. The van der Waals surface area contributed by atoms with E-state index in [4.69, 9.17) is 0 Å². The number of rotatable bonds is 6. The van der Waals surface area contributed by atoms with E-state index in [0.717, 1.165) is 0 Å². The molecule has 0 spiro atoms. The average molecular weight is 264 g/mol. The predicted octanol–water partition coefficient (Wildman–Crippen LogP) is -0.485. The molecule has 1 rings (SSSR count). The van der Waals surface area contributed by atoms with Gasteiger partial charge in [0, 0.05) is 19.7 Å². The van der Waals surface area contributed by atoms with Crippen molar-refractivity contribution < 1.29 is 14.9 Å². The number of nitrogens with zero attached hydrogens (tertiary/aromatic N) is 1. The molecule has 0 bridgehead atoms. The highest BCUT2D eigenvalue weighted by Gasteiger charge is 2.12. The third-order valence-electron chi connectivity index (χ3n) is 2.92. The smallest absolute Gasteiger partial charge is 0.275 e. The van der Waals surface area contributed by atoms with Gasteiger partial charge in [0.1, 0.15) is 6.04 Å². The summed E-state index contributed by atoms with van der Waals surface area (Å²) >= 11 is 0. The summed E-state index contributed by atoms with van der Waals surface area (Å²) in [4.78, 5) is 24.4. The number of carbonyl (C=O) groups excluding carboxylic acids is 2. The Hall–Kier alpha value is -1.88. The molecular weight excluding hydrogens is 242 g/mol. The molecule has 0 radical (unpaired) electrons. The molecule has 0 aliphatic carbocycles. The van der Waals surface area contributed by atoms with Gasteiger partial charge in [-0.3, -0.25) is 9.59 Å². The zero-order chi connectivity index (χ0) is 14.3. The van der Waals surface area contributed by atoms with Crippen molar-refractivity contribution in [2.75, 3.05) is 27.2 Å². The maximum atomic E-state index is 11.6. The number of carbonyl (C=O) groups is 2. The van der Waals surface area contributed by atoms with Crippen molar-refractivity contribution in [2.24, 2.45) is 0 Å². The van der Waals surface area contributed by atoms with Crippen LogP contribution in [-0.4, -0.2) is 43.9 Å². The Morgan fingerprint density at radius 3 is 2.47 bits per heavy atom. The van der Waals surface area contributed by atoms with Crippen LogP contribution in [0, 0.1) is 0 Å². The lowest BCUT2D eigenvalue weighted by molar-refractivity contribution is -0.682. The summed E-state index contributed by atoms with van der Waals surface area (Å²) in [7, 11) is 3.33. The average Bonchev–Trinajstić information content (AvgIpc) is 2.42. The Bertz CT molecular complexity index is 418. The maximum absolute atomic E-state index is 11.6. The van der Waals surface area contributed by atoms with E-state index in [9.17, 15) is 9.59 Å². The number of nitrogens with two attached hydrogens (primary N) is 1. The minimum absolute atomic E-state index is 0.0550. The summed E-state index contributed by atoms with van der Waals surface area (Å²) in [5.74, 6) is -0.234. The lowest BCUT2D eigenvalue weighted by Gasteiger charge is -2.12. The summed E-state index contributed by atoms with van der Waals surface area (Å²) < 4.78 is 0. The van der Waals surface area contributed by atoms with E-state index in [-0.39, 0.29) is 24.4 Å². The van der Waals surface area contributed by atoms with Crippen LogP contribution in [0.15, 0.2) is 30.3 Å². The number of hydrogen-bond acceptors (Lipinski definition) is 2. The van der Waals surface area contributed by atoms with Gasteiger partial charge in [0.25, 0.3) is 5.91 Å². The first-order valence-electron chi connectivity index (χ1n) is 6.36. The van der Waals surface area contributed by atoms with Crippen molar-refractivity contribution >= 4 is 11.8 Å². The van der Waals surface area contributed by atoms with E-state index in [2.05, 4.69) is 5.32 Å². The monoisotopic (exact) mass is 264 g/mol. The maximum Gasteiger partial charge on any atom is 0.275 e. The zero-order valence-corrected chi connectivity index (χ0v) is 11.7. The molecule has 1 aromatic rings. The lowest BCUT2D eigenvalue weighted by Crippen LogP contribution is -2.87. The van der Waals surface area contributed by atoms with Gasteiger partial charge in [-0.1, -0.05) is 30.3 Å². The van der Waals surface area contributed by atoms with E-state index in [0.29, 0.717) is 6.54 Å². The molecule has 0 heterocycles. The molecular formula is C14H22N3O2+. The first-order chi connectivity index (χ1) is 9.00. The number of benzene rings is 1. The number of hydrogen-bond donors (Lipinski definition) is 2. The van der Waals surface area contributed by atoms with Gasteiger partial charge >= 0.3 is 0 Å². The first-order valence-corrected chi connectivity index (χ1v) is 6.36. The van der Waals surface area contributed by atoms with Gasteiger partial charge in [-0.25, -0.2) is 0 Å². The number of quaternary nitrogens is 1. The third-order valence-corrected chi connectivity index (χ3v) is 2.92. The normalized spacial score (nSPS) is 11.7. The predicted molar refractivity (Wildman–Crippen MR) is 73.4 cm³/mol. The van der Waals surface area contributed by atoms with Gasteiger partial charge in [-0.2, -0.15) is 0 Å². The molecule has 1 atom stereocenters. The Balaban J connectivity index is 2.29. The van der Waals surface area contributed by atoms with Gasteiger partial charge in [-0.05, 0) is 6.92 Å². The van der Waals surface area contributed by atoms with Crippen LogP contribution in [0.1, 0.15) is 18.5 Å². The standard InChI is InChI=1S/C14H21N3O2/c1-11(12-7-5-4-6-8-12)15-9-13(18)16-10-14(19)17(2)3/h4-8,11,15H,9-10H2,1-3H3,(H,16,18)/p+1/t11-/m0/s1.